The van der Waals surface area contributed by atoms with Crippen LogP contribution in [-0.4, -0.2) is 30.6 Å². The van der Waals surface area contributed by atoms with Gasteiger partial charge in [-0.25, -0.2) is 4.79 Å². The van der Waals surface area contributed by atoms with Crippen molar-refractivity contribution < 1.29 is 4.79 Å². The molecular weight excluding hydrogens is 200 g/mol. The average Bonchev–Trinajstić information content (AvgIpc) is 2.80. The molecule has 3 nitrogen and oxygen atoms in total. The molecule has 5 aliphatic rings. The molecule has 88 valence electrons. The molecule has 5 fully saturated rings. The standard InChI is InChI=1S/C13H20N2O/c16-12-14-1-2-15(12)8-13-5-9-3-10(6-13)11(4-9)7-13/h9-11H,1-8H2,(H,14,16). The van der Waals surface area contributed by atoms with Crippen molar-refractivity contribution in [2.24, 2.45) is 23.2 Å². The smallest absolute Gasteiger partial charge is 0.317 e. The van der Waals surface area contributed by atoms with Crippen LogP contribution in [0.5, 0.6) is 0 Å². The monoisotopic (exact) mass is 220 g/mol. The summed E-state index contributed by atoms with van der Waals surface area (Å²) < 4.78 is 0. The van der Waals surface area contributed by atoms with Crippen molar-refractivity contribution in [2.45, 2.75) is 32.1 Å². The summed E-state index contributed by atoms with van der Waals surface area (Å²) in [5, 5.41) is 2.92. The van der Waals surface area contributed by atoms with E-state index in [-0.39, 0.29) is 6.03 Å². The lowest BCUT2D eigenvalue weighted by molar-refractivity contribution is 0.102. The first kappa shape index (κ1) is 9.32. The number of amides is 2. The van der Waals surface area contributed by atoms with Gasteiger partial charge in [0, 0.05) is 19.6 Å². The predicted octanol–water partition coefficient (Wildman–Crippen LogP) is 1.84. The lowest BCUT2D eigenvalue weighted by Crippen LogP contribution is -2.41. The van der Waals surface area contributed by atoms with Gasteiger partial charge >= 0.3 is 6.03 Å². The van der Waals surface area contributed by atoms with Gasteiger partial charge in [0.25, 0.3) is 0 Å². The number of hydrogen-bond acceptors (Lipinski definition) is 1. The van der Waals surface area contributed by atoms with E-state index in [2.05, 4.69) is 10.2 Å². The molecule has 1 N–H and O–H groups in total. The highest BCUT2D eigenvalue weighted by molar-refractivity contribution is 5.76. The maximum absolute atomic E-state index is 11.6. The van der Waals surface area contributed by atoms with Crippen LogP contribution in [0, 0.1) is 23.2 Å². The first-order chi connectivity index (χ1) is 7.74. The molecule has 0 aromatic heterocycles. The van der Waals surface area contributed by atoms with Crippen LogP contribution < -0.4 is 5.32 Å². The summed E-state index contributed by atoms with van der Waals surface area (Å²) in [6.07, 6.45) is 7.23. The third-order valence-electron chi connectivity index (χ3n) is 5.52. The van der Waals surface area contributed by atoms with E-state index < -0.39 is 0 Å². The third kappa shape index (κ3) is 1.17. The van der Waals surface area contributed by atoms with Crippen LogP contribution in [-0.2, 0) is 0 Å². The fourth-order valence-electron chi connectivity index (χ4n) is 5.24. The summed E-state index contributed by atoms with van der Waals surface area (Å²) in [6.45, 7) is 2.83. The van der Waals surface area contributed by atoms with Gasteiger partial charge in [-0.3, -0.25) is 0 Å². The Morgan fingerprint density at radius 2 is 2.00 bits per heavy atom. The molecule has 3 heteroatoms. The van der Waals surface area contributed by atoms with E-state index in [0.717, 1.165) is 37.4 Å². The number of rotatable bonds is 2. The van der Waals surface area contributed by atoms with Gasteiger partial charge < -0.3 is 10.2 Å². The normalized spacial score (nSPS) is 49.1. The SMILES string of the molecule is O=C1NCCN1CC12CC3CC(C1)C(C3)C2. The summed E-state index contributed by atoms with van der Waals surface area (Å²) in [5.41, 5.74) is 0.526. The van der Waals surface area contributed by atoms with Crippen LogP contribution in [0.1, 0.15) is 32.1 Å². The molecular formula is C13H20N2O. The number of carbonyl (C=O) groups is 1. The van der Waals surface area contributed by atoms with Crippen molar-refractivity contribution in [3.63, 3.8) is 0 Å². The average molecular weight is 220 g/mol. The second-order valence-electron chi connectivity index (χ2n) is 6.62. The van der Waals surface area contributed by atoms with Gasteiger partial charge in [0.1, 0.15) is 0 Å². The van der Waals surface area contributed by atoms with Crippen molar-refractivity contribution in [1.82, 2.24) is 10.2 Å². The molecule has 4 bridgehead atoms. The topological polar surface area (TPSA) is 32.3 Å². The molecule has 4 aliphatic carbocycles. The Morgan fingerprint density at radius 1 is 1.25 bits per heavy atom. The Labute approximate surface area is 96.6 Å². The van der Waals surface area contributed by atoms with Crippen LogP contribution in [0.2, 0.25) is 0 Å². The van der Waals surface area contributed by atoms with Gasteiger partial charge in [-0.15, -0.1) is 0 Å². The second kappa shape index (κ2) is 2.93. The third-order valence-corrected chi connectivity index (χ3v) is 5.52. The van der Waals surface area contributed by atoms with Gasteiger partial charge in [-0.2, -0.15) is 0 Å². The lowest BCUT2D eigenvalue weighted by Gasteiger charge is -2.40. The fraction of sp³-hybridized carbons (Fsp3) is 0.923. The number of nitrogens with zero attached hydrogens (tertiary/aromatic N) is 1. The minimum Gasteiger partial charge on any atom is -0.336 e. The molecule has 2 atom stereocenters. The fourth-order valence-corrected chi connectivity index (χ4v) is 5.24. The highest BCUT2D eigenvalue weighted by Gasteiger charge is 2.56. The van der Waals surface area contributed by atoms with E-state index in [9.17, 15) is 4.79 Å². The van der Waals surface area contributed by atoms with Crippen molar-refractivity contribution in [3.8, 4) is 0 Å². The highest BCUT2D eigenvalue weighted by atomic mass is 16.2. The van der Waals surface area contributed by atoms with Gasteiger partial charge in [0.2, 0.25) is 0 Å². The molecule has 0 aromatic rings. The maximum atomic E-state index is 11.6. The van der Waals surface area contributed by atoms with Crippen molar-refractivity contribution in [2.75, 3.05) is 19.6 Å². The largest absolute Gasteiger partial charge is 0.336 e. The van der Waals surface area contributed by atoms with E-state index in [1.165, 1.54) is 32.1 Å². The van der Waals surface area contributed by atoms with Gasteiger partial charge in [-0.1, -0.05) is 0 Å². The zero-order chi connectivity index (χ0) is 10.8. The Balaban J connectivity index is 1.53. The molecule has 0 radical (unpaired) electrons. The Morgan fingerprint density at radius 3 is 2.56 bits per heavy atom. The van der Waals surface area contributed by atoms with Crippen LogP contribution in [0.3, 0.4) is 0 Å². The number of nitrogens with one attached hydrogen (secondary N) is 1. The molecule has 1 aliphatic heterocycles. The summed E-state index contributed by atoms with van der Waals surface area (Å²) in [6, 6.07) is 0.178. The maximum Gasteiger partial charge on any atom is 0.317 e. The predicted molar refractivity (Wildman–Crippen MR) is 61.0 cm³/mol. The molecule has 0 spiro atoms. The van der Waals surface area contributed by atoms with Crippen LogP contribution in [0.4, 0.5) is 4.79 Å². The van der Waals surface area contributed by atoms with Crippen molar-refractivity contribution >= 4 is 6.03 Å². The van der Waals surface area contributed by atoms with E-state index in [1.54, 1.807) is 0 Å². The van der Waals surface area contributed by atoms with E-state index in [1.807, 2.05) is 0 Å². The van der Waals surface area contributed by atoms with E-state index in [0.29, 0.717) is 5.41 Å². The van der Waals surface area contributed by atoms with Gasteiger partial charge in [-0.05, 0) is 55.3 Å². The van der Waals surface area contributed by atoms with Gasteiger partial charge in [0.05, 0.1) is 0 Å². The Kier molecular flexibility index (Phi) is 1.71. The zero-order valence-electron chi connectivity index (χ0n) is 9.74. The minimum absolute atomic E-state index is 0.178. The molecule has 16 heavy (non-hydrogen) atoms. The first-order valence-corrected chi connectivity index (χ1v) is 6.77. The van der Waals surface area contributed by atoms with Crippen LogP contribution >= 0.6 is 0 Å². The molecule has 1 heterocycles. The van der Waals surface area contributed by atoms with Crippen molar-refractivity contribution in [1.29, 1.82) is 0 Å². The Hall–Kier alpha value is -0.730. The summed E-state index contributed by atoms with van der Waals surface area (Å²) in [7, 11) is 0. The summed E-state index contributed by atoms with van der Waals surface area (Å²) in [5.74, 6) is 3.04. The highest BCUT2D eigenvalue weighted by Crippen LogP contribution is 2.64. The zero-order valence-corrected chi connectivity index (χ0v) is 9.74. The van der Waals surface area contributed by atoms with E-state index >= 15 is 0 Å². The molecule has 2 unspecified atom stereocenters. The van der Waals surface area contributed by atoms with Gasteiger partial charge in [0.15, 0.2) is 0 Å². The number of hydrogen-bond donors (Lipinski definition) is 1. The molecule has 5 rings (SSSR count). The van der Waals surface area contributed by atoms with Crippen LogP contribution in [0.15, 0.2) is 0 Å². The number of urea groups is 1. The van der Waals surface area contributed by atoms with E-state index in [4.69, 9.17) is 0 Å². The molecule has 4 saturated carbocycles. The molecule has 2 amide bonds. The van der Waals surface area contributed by atoms with Crippen molar-refractivity contribution in [3.05, 3.63) is 0 Å². The lowest BCUT2D eigenvalue weighted by atomic mass is 9.69. The summed E-state index contributed by atoms with van der Waals surface area (Å²) >= 11 is 0. The second-order valence-corrected chi connectivity index (χ2v) is 6.62. The van der Waals surface area contributed by atoms with Crippen LogP contribution in [0.25, 0.3) is 0 Å². The quantitative estimate of drug-likeness (QED) is 0.756. The summed E-state index contributed by atoms with van der Waals surface area (Å²) in [4.78, 5) is 13.7. The first-order valence-electron chi connectivity index (χ1n) is 6.77. The number of carbonyl (C=O) groups excluding carboxylic acids is 1. The minimum atomic E-state index is 0.178. The Bertz CT molecular complexity index is 321. The molecule has 0 aromatic carbocycles. The molecule has 1 saturated heterocycles.